The molecule has 0 saturated carbocycles. The fraction of sp³-hybridized carbons (Fsp3) is 0.167. The molecule has 0 radical (unpaired) electrons. The molecule has 6 nitrogen and oxygen atoms in total. The predicted molar refractivity (Wildman–Crippen MR) is 89.8 cm³/mol. The second-order valence-corrected chi connectivity index (χ2v) is 5.32. The molecule has 0 aliphatic carbocycles. The molecule has 2 rings (SSSR count). The van der Waals surface area contributed by atoms with Crippen LogP contribution in [-0.2, 0) is 15.7 Å². The largest absolute Gasteiger partial charge is 0.452 e. The highest BCUT2D eigenvalue weighted by atomic mass is 19.4. The Bertz CT molecular complexity index is 848. The Balaban J connectivity index is 2.16. The van der Waals surface area contributed by atoms with E-state index in [0.29, 0.717) is 11.1 Å². The van der Waals surface area contributed by atoms with Crippen molar-refractivity contribution in [1.29, 1.82) is 0 Å². The number of imide groups is 1. The molecule has 3 amide bonds. The summed E-state index contributed by atoms with van der Waals surface area (Å²) in [5, 5.41) is 4.10. The third-order valence-corrected chi connectivity index (χ3v) is 3.48. The number of hydrogen-bond donors (Lipinski definition) is 2. The maximum Gasteiger partial charge on any atom is 0.416 e. The number of carbonyl (C=O) groups is 3. The van der Waals surface area contributed by atoms with Gasteiger partial charge in [0, 0.05) is 7.05 Å². The number of benzene rings is 2. The van der Waals surface area contributed by atoms with Crippen LogP contribution in [0.4, 0.5) is 18.0 Å². The third-order valence-electron chi connectivity index (χ3n) is 3.48. The monoisotopic (exact) mass is 380 g/mol. The van der Waals surface area contributed by atoms with E-state index in [1.807, 2.05) is 5.32 Å². The molecule has 0 aromatic heterocycles. The smallest absolute Gasteiger partial charge is 0.416 e. The Hall–Kier alpha value is -3.36. The second-order valence-electron chi connectivity index (χ2n) is 5.32. The van der Waals surface area contributed by atoms with E-state index in [2.05, 4.69) is 5.32 Å². The van der Waals surface area contributed by atoms with Gasteiger partial charge in [-0.25, -0.2) is 9.59 Å². The summed E-state index contributed by atoms with van der Waals surface area (Å²) in [5.41, 5.74) is -0.00419. The number of esters is 1. The van der Waals surface area contributed by atoms with Crippen molar-refractivity contribution in [2.24, 2.45) is 0 Å². The number of nitrogens with one attached hydrogen (secondary N) is 2. The first-order valence-corrected chi connectivity index (χ1v) is 7.67. The molecule has 0 aliphatic heterocycles. The first kappa shape index (κ1) is 20.0. The van der Waals surface area contributed by atoms with Crippen LogP contribution in [0.1, 0.15) is 15.9 Å². The summed E-state index contributed by atoms with van der Waals surface area (Å²) in [7, 11) is 1.31. The fourth-order valence-electron chi connectivity index (χ4n) is 2.19. The third kappa shape index (κ3) is 5.30. The van der Waals surface area contributed by atoms with Gasteiger partial charge in [-0.3, -0.25) is 10.1 Å². The van der Waals surface area contributed by atoms with E-state index in [-0.39, 0.29) is 5.56 Å². The standard InChI is InChI=1S/C18H15F3N2O4/c1-22-17(26)23-15(24)10-27-16(25)14-5-3-2-4-13(14)11-6-8-12(9-7-11)18(19,20)21/h2-9H,10H2,1H3,(H2,22,23,24,26). The normalized spacial score (nSPS) is 10.8. The van der Waals surface area contributed by atoms with E-state index in [9.17, 15) is 27.6 Å². The molecule has 0 aliphatic rings. The lowest BCUT2D eigenvalue weighted by Gasteiger charge is -2.11. The van der Waals surface area contributed by atoms with Crippen molar-refractivity contribution < 1.29 is 32.3 Å². The van der Waals surface area contributed by atoms with Gasteiger partial charge in [-0.1, -0.05) is 30.3 Å². The van der Waals surface area contributed by atoms with E-state index < -0.39 is 36.3 Å². The highest BCUT2D eigenvalue weighted by molar-refractivity contribution is 5.99. The zero-order valence-electron chi connectivity index (χ0n) is 14.1. The van der Waals surface area contributed by atoms with Gasteiger partial charge >= 0.3 is 18.2 Å². The van der Waals surface area contributed by atoms with E-state index in [1.165, 1.54) is 25.2 Å². The maximum absolute atomic E-state index is 12.7. The van der Waals surface area contributed by atoms with E-state index in [1.54, 1.807) is 18.2 Å². The van der Waals surface area contributed by atoms with Crippen molar-refractivity contribution in [2.45, 2.75) is 6.18 Å². The first-order valence-electron chi connectivity index (χ1n) is 7.67. The van der Waals surface area contributed by atoms with Crippen LogP contribution >= 0.6 is 0 Å². The van der Waals surface area contributed by atoms with Crippen molar-refractivity contribution in [3.63, 3.8) is 0 Å². The molecule has 9 heteroatoms. The van der Waals surface area contributed by atoms with E-state index in [4.69, 9.17) is 4.74 Å². The van der Waals surface area contributed by atoms with Crippen LogP contribution in [-0.4, -0.2) is 31.6 Å². The molecule has 2 aromatic carbocycles. The van der Waals surface area contributed by atoms with Crippen LogP contribution in [0.5, 0.6) is 0 Å². The van der Waals surface area contributed by atoms with E-state index >= 15 is 0 Å². The number of amides is 3. The molecule has 2 aromatic rings. The summed E-state index contributed by atoms with van der Waals surface area (Å²) in [6, 6.07) is 9.69. The average Bonchev–Trinajstić information content (AvgIpc) is 2.65. The van der Waals surface area contributed by atoms with Gasteiger partial charge < -0.3 is 10.1 Å². The summed E-state index contributed by atoms with van der Waals surface area (Å²) >= 11 is 0. The van der Waals surface area contributed by atoms with Gasteiger partial charge in [0.2, 0.25) is 0 Å². The minimum atomic E-state index is -4.46. The SMILES string of the molecule is CNC(=O)NC(=O)COC(=O)c1ccccc1-c1ccc(C(F)(F)F)cc1. The number of halogens is 3. The first-order chi connectivity index (χ1) is 12.7. The molecule has 27 heavy (non-hydrogen) atoms. The minimum Gasteiger partial charge on any atom is -0.452 e. The molecule has 0 fully saturated rings. The van der Waals surface area contributed by atoms with Crippen molar-refractivity contribution in [2.75, 3.05) is 13.7 Å². The minimum absolute atomic E-state index is 0.0741. The van der Waals surface area contributed by atoms with Crippen molar-refractivity contribution >= 4 is 17.9 Å². The Morgan fingerprint density at radius 1 is 1.00 bits per heavy atom. The van der Waals surface area contributed by atoms with Gasteiger partial charge in [0.25, 0.3) is 5.91 Å². The molecule has 2 N–H and O–H groups in total. The van der Waals surface area contributed by atoms with Gasteiger partial charge in [-0.15, -0.1) is 0 Å². The summed E-state index contributed by atoms with van der Waals surface area (Å²) in [4.78, 5) is 34.7. The number of rotatable bonds is 4. The van der Waals surface area contributed by atoms with Crippen molar-refractivity contribution in [3.8, 4) is 11.1 Å². The number of urea groups is 1. The number of hydrogen-bond acceptors (Lipinski definition) is 4. The molecule has 142 valence electrons. The molecule has 0 unspecified atom stereocenters. The lowest BCUT2D eigenvalue weighted by atomic mass is 9.98. The Morgan fingerprint density at radius 3 is 2.22 bits per heavy atom. The molecular formula is C18H15F3N2O4. The zero-order valence-corrected chi connectivity index (χ0v) is 14.1. The Morgan fingerprint density at radius 2 is 1.63 bits per heavy atom. The van der Waals surface area contributed by atoms with Crippen LogP contribution in [0, 0.1) is 0 Å². The predicted octanol–water partition coefficient (Wildman–Crippen LogP) is 2.98. The van der Waals surface area contributed by atoms with Crippen LogP contribution in [0.3, 0.4) is 0 Å². The highest BCUT2D eigenvalue weighted by Crippen LogP contribution is 2.32. The van der Waals surface area contributed by atoms with E-state index in [0.717, 1.165) is 12.1 Å². The summed E-state index contributed by atoms with van der Waals surface area (Å²) in [6.07, 6.45) is -4.46. The number of alkyl halides is 3. The molecular weight excluding hydrogens is 365 g/mol. The van der Waals surface area contributed by atoms with Gasteiger partial charge in [-0.2, -0.15) is 13.2 Å². The van der Waals surface area contributed by atoms with Gasteiger partial charge in [0.15, 0.2) is 6.61 Å². The molecule has 0 bridgehead atoms. The Kier molecular flexibility index (Phi) is 6.17. The fourth-order valence-corrected chi connectivity index (χ4v) is 2.19. The molecule has 0 atom stereocenters. The van der Waals surface area contributed by atoms with Crippen LogP contribution in [0.15, 0.2) is 48.5 Å². The number of ether oxygens (including phenoxy) is 1. The summed E-state index contributed by atoms with van der Waals surface area (Å²) in [6.45, 7) is -0.687. The van der Waals surface area contributed by atoms with Gasteiger partial charge in [-0.05, 0) is 29.3 Å². The molecule has 0 saturated heterocycles. The molecule has 0 spiro atoms. The van der Waals surface area contributed by atoms with Gasteiger partial charge in [0.05, 0.1) is 11.1 Å². The van der Waals surface area contributed by atoms with Crippen LogP contribution in [0.25, 0.3) is 11.1 Å². The molecule has 0 heterocycles. The van der Waals surface area contributed by atoms with Crippen molar-refractivity contribution in [1.82, 2.24) is 10.6 Å². The quantitative estimate of drug-likeness (QED) is 0.799. The lowest BCUT2D eigenvalue weighted by molar-refractivity contribution is -0.137. The van der Waals surface area contributed by atoms with Gasteiger partial charge in [0.1, 0.15) is 0 Å². The topological polar surface area (TPSA) is 84.5 Å². The van der Waals surface area contributed by atoms with Crippen LogP contribution < -0.4 is 10.6 Å². The maximum atomic E-state index is 12.7. The summed E-state index contributed by atoms with van der Waals surface area (Å²) < 4.78 is 42.9. The Labute approximate surface area is 152 Å². The van der Waals surface area contributed by atoms with Crippen LogP contribution in [0.2, 0.25) is 0 Å². The second kappa shape index (κ2) is 8.35. The lowest BCUT2D eigenvalue weighted by Crippen LogP contribution is -2.39. The summed E-state index contributed by atoms with van der Waals surface area (Å²) in [5.74, 6) is -1.67. The van der Waals surface area contributed by atoms with Crippen molar-refractivity contribution in [3.05, 3.63) is 59.7 Å². The number of carbonyl (C=O) groups excluding carboxylic acids is 3. The zero-order chi connectivity index (χ0) is 20.0. The average molecular weight is 380 g/mol. The highest BCUT2D eigenvalue weighted by Gasteiger charge is 2.30.